The Hall–Kier alpha value is -1.32. The molecule has 4 heteroatoms. The minimum Gasteiger partial charge on any atom is -0.369 e. The molecule has 4 nitrogen and oxygen atoms in total. The van der Waals surface area contributed by atoms with Gasteiger partial charge in [-0.3, -0.25) is 4.98 Å². The summed E-state index contributed by atoms with van der Waals surface area (Å²) in [4.78, 5) is 11.3. The second-order valence-corrected chi connectivity index (χ2v) is 4.61. The summed E-state index contributed by atoms with van der Waals surface area (Å²) in [6, 6.07) is 0.700. The van der Waals surface area contributed by atoms with Gasteiger partial charge >= 0.3 is 0 Å². The molecule has 0 aliphatic heterocycles. The van der Waals surface area contributed by atoms with Gasteiger partial charge in [0.1, 0.15) is 11.6 Å². The van der Waals surface area contributed by atoms with Crippen LogP contribution in [0.4, 0.5) is 11.6 Å². The van der Waals surface area contributed by atoms with Crippen molar-refractivity contribution in [3.63, 3.8) is 0 Å². The highest BCUT2D eigenvalue weighted by Crippen LogP contribution is 2.30. The van der Waals surface area contributed by atoms with Crippen molar-refractivity contribution in [2.75, 3.05) is 23.3 Å². The summed E-state index contributed by atoms with van der Waals surface area (Å²) >= 11 is 0. The summed E-state index contributed by atoms with van der Waals surface area (Å²) in [7, 11) is 0. The molecule has 1 aromatic rings. The molecule has 0 spiro atoms. The second kappa shape index (κ2) is 5.84. The Kier molecular flexibility index (Phi) is 4.18. The Bertz CT molecular complexity index is 349. The Morgan fingerprint density at radius 2 is 2.12 bits per heavy atom. The topological polar surface area (TPSA) is 41.1 Å². The van der Waals surface area contributed by atoms with E-state index in [1.165, 1.54) is 12.8 Å². The molecule has 0 aromatic carbocycles. The fourth-order valence-electron chi connectivity index (χ4n) is 1.94. The SMILES string of the molecule is CCCNc1cncc(N(CCC)C2CC2)n1. The van der Waals surface area contributed by atoms with Crippen molar-refractivity contribution in [3.05, 3.63) is 12.4 Å². The van der Waals surface area contributed by atoms with E-state index in [4.69, 9.17) is 0 Å². The molecule has 1 fully saturated rings. The molecule has 0 unspecified atom stereocenters. The maximum Gasteiger partial charge on any atom is 0.149 e. The van der Waals surface area contributed by atoms with Crippen LogP contribution in [0.1, 0.15) is 39.5 Å². The van der Waals surface area contributed by atoms with Crippen molar-refractivity contribution in [2.45, 2.75) is 45.6 Å². The normalized spacial score (nSPS) is 14.7. The fraction of sp³-hybridized carbons (Fsp3) is 0.692. The van der Waals surface area contributed by atoms with Crippen LogP contribution in [0.5, 0.6) is 0 Å². The van der Waals surface area contributed by atoms with Crippen molar-refractivity contribution < 1.29 is 0 Å². The molecule has 2 rings (SSSR count). The molecule has 1 saturated carbocycles. The van der Waals surface area contributed by atoms with E-state index in [2.05, 4.69) is 34.0 Å². The van der Waals surface area contributed by atoms with Gasteiger partial charge in [-0.1, -0.05) is 13.8 Å². The summed E-state index contributed by atoms with van der Waals surface area (Å²) in [5.41, 5.74) is 0. The van der Waals surface area contributed by atoms with Crippen LogP contribution in [-0.4, -0.2) is 29.1 Å². The third kappa shape index (κ3) is 3.32. The Morgan fingerprint density at radius 3 is 2.76 bits per heavy atom. The van der Waals surface area contributed by atoms with Crippen LogP contribution in [-0.2, 0) is 0 Å². The smallest absolute Gasteiger partial charge is 0.149 e. The predicted molar refractivity (Wildman–Crippen MR) is 71.5 cm³/mol. The summed E-state index contributed by atoms with van der Waals surface area (Å²) in [5, 5.41) is 3.29. The van der Waals surface area contributed by atoms with E-state index in [0.29, 0.717) is 6.04 Å². The number of aromatic nitrogens is 2. The van der Waals surface area contributed by atoms with Gasteiger partial charge in [-0.25, -0.2) is 4.98 Å². The largest absolute Gasteiger partial charge is 0.369 e. The highest BCUT2D eigenvalue weighted by molar-refractivity contribution is 5.45. The van der Waals surface area contributed by atoms with E-state index >= 15 is 0 Å². The standard InChI is InChI=1S/C13H22N4/c1-3-7-15-12-9-14-10-13(16-12)17(8-4-2)11-5-6-11/h9-11H,3-8H2,1-2H3,(H,15,16). The quantitative estimate of drug-likeness (QED) is 0.787. The molecule has 1 heterocycles. The van der Waals surface area contributed by atoms with Crippen LogP contribution in [0, 0.1) is 0 Å². The van der Waals surface area contributed by atoms with Gasteiger partial charge in [0.2, 0.25) is 0 Å². The van der Waals surface area contributed by atoms with E-state index in [9.17, 15) is 0 Å². The van der Waals surface area contributed by atoms with E-state index in [0.717, 1.165) is 37.6 Å². The number of hydrogen-bond acceptors (Lipinski definition) is 4. The number of hydrogen-bond donors (Lipinski definition) is 1. The summed E-state index contributed by atoms with van der Waals surface area (Å²) in [5.74, 6) is 1.92. The third-order valence-electron chi connectivity index (χ3n) is 2.92. The molecular weight excluding hydrogens is 212 g/mol. The maximum atomic E-state index is 4.64. The van der Waals surface area contributed by atoms with E-state index in [-0.39, 0.29) is 0 Å². The first-order valence-electron chi connectivity index (χ1n) is 6.67. The summed E-state index contributed by atoms with van der Waals surface area (Å²) in [6.07, 6.45) is 8.54. The lowest BCUT2D eigenvalue weighted by Crippen LogP contribution is -2.27. The molecule has 0 saturated heterocycles. The molecule has 94 valence electrons. The molecule has 0 radical (unpaired) electrons. The first kappa shape index (κ1) is 12.1. The third-order valence-corrected chi connectivity index (χ3v) is 2.92. The van der Waals surface area contributed by atoms with Gasteiger partial charge in [-0.15, -0.1) is 0 Å². The highest BCUT2D eigenvalue weighted by Gasteiger charge is 2.29. The predicted octanol–water partition coefficient (Wildman–Crippen LogP) is 2.68. The van der Waals surface area contributed by atoms with Crippen LogP contribution in [0.3, 0.4) is 0 Å². The minimum absolute atomic E-state index is 0.700. The van der Waals surface area contributed by atoms with Gasteiger partial charge in [-0.2, -0.15) is 0 Å². The van der Waals surface area contributed by atoms with Gasteiger partial charge < -0.3 is 10.2 Å². The van der Waals surface area contributed by atoms with E-state index in [1.54, 1.807) is 6.20 Å². The summed E-state index contributed by atoms with van der Waals surface area (Å²) < 4.78 is 0. The first-order valence-corrected chi connectivity index (χ1v) is 6.67. The van der Waals surface area contributed by atoms with Crippen LogP contribution < -0.4 is 10.2 Å². The van der Waals surface area contributed by atoms with Crippen molar-refractivity contribution in [1.82, 2.24) is 9.97 Å². The highest BCUT2D eigenvalue weighted by atomic mass is 15.2. The van der Waals surface area contributed by atoms with Gasteiger partial charge in [-0.05, 0) is 25.7 Å². The molecule has 17 heavy (non-hydrogen) atoms. The van der Waals surface area contributed by atoms with Crippen LogP contribution in [0.2, 0.25) is 0 Å². The van der Waals surface area contributed by atoms with E-state index < -0.39 is 0 Å². The van der Waals surface area contributed by atoms with Crippen molar-refractivity contribution in [1.29, 1.82) is 0 Å². The zero-order valence-electron chi connectivity index (χ0n) is 10.8. The van der Waals surface area contributed by atoms with Crippen LogP contribution in [0.15, 0.2) is 12.4 Å². The molecule has 0 atom stereocenters. The van der Waals surface area contributed by atoms with Crippen molar-refractivity contribution >= 4 is 11.6 Å². The number of rotatable bonds is 7. The monoisotopic (exact) mass is 234 g/mol. The molecule has 1 N–H and O–H groups in total. The lowest BCUT2D eigenvalue weighted by Gasteiger charge is -2.22. The minimum atomic E-state index is 0.700. The molecule has 1 aliphatic rings. The maximum absolute atomic E-state index is 4.64. The van der Waals surface area contributed by atoms with Crippen LogP contribution in [0.25, 0.3) is 0 Å². The van der Waals surface area contributed by atoms with Gasteiger partial charge in [0.15, 0.2) is 0 Å². The Balaban J connectivity index is 2.07. The molecule has 0 bridgehead atoms. The number of nitrogens with zero attached hydrogens (tertiary/aromatic N) is 3. The van der Waals surface area contributed by atoms with Crippen molar-refractivity contribution in [2.24, 2.45) is 0 Å². The summed E-state index contributed by atoms with van der Waals surface area (Å²) in [6.45, 7) is 6.39. The van der Waals surface area contributed by atoms with Crippen molar-refractivity contribution in [3.8, 4) is 0 Å². The van der Waals surface area contributed by atoms with Gasteiger partial charge in [0.25, 0.3) is 0 Å². The molecule has 0 amide bonds. The zero-order valence-corrected chi connectivity index (χ0v) is 10.8. The fourth-order valence-corrected chi connectivity index (χ4v) is 1.94. The first-order chi connectivity index (χ1) is 8.35. The van der Waals surface area contributed by atoms with Gasteiger partial charge in [0.05, 0.1) is 12.4 Å². The average molecular weight is 234 g/mol. The molecule has 1 aromatic heterocycles. The average Bonchev–Trinajstić information content (AvgIpc) is 3.18. The molecular formula is C13H22N4. The van der Waals surface area contributed by atoms with Crippen LogP contribution >= 0.6 is 0 Å². The number of anilines is 2. The second-order valence-electron chi connectivity index (χ2n) is 4.61. The lowest BCUT2D eigenvalue weighted by atomic mass is 10.4. The Labute approximate surface area is 103 Å². The van der Waals surface area contributed by atoms with Gasteiger partial charge in [0, 0.05) is 19.1 Å². The number of nitrogens with one attached hydrogen (secondary N) is 1. The Morgan fingerprint density at radius 1 is 1.29 bits per heavy atom. The molecule has 1 aliphatic carbocycles. The lowest BCUT2D eigenvalue weighted by molar-refractivity contribution is 0.747. The van der Waals surface area contributed by atoms with E-state index in [1.807, 2.05) is 6.20 Å². The zero-order chi connectivity index (χ0) is 12.1.